The zero-order chi connectivity index (χ0) is 18.8. The predicted octanol–water partition coefficient (Wildman–Crippen LogP) is 2.60. The summed E-state index contributed by atoms with van der Waals surface area (Å²) < 4.78 is 0. The molecule has 146 valence electrons. The van der Waals surface area contributed by atoms with E-state index >= 15 is 0 Å². The molecule has 4 rings (SSSR count). The summed E-state index contributed by atoms with van der Waals surface area (Å²) in [5.74, 6) is 0.841. The molecule has 2 amide bonds. The average Bonchev–Trinajstić information content (AvgIpc) is 3.49. The Kier molecular flexibility index (Phi) is 5.69. The summed E-state index contributed by atoms with van der Waals surface area (Å²) >= 11 is 6.28. The van der Waals surface area contributed by atoms with Gasteiger partial charge in [0.15, 0.2) is 0 Å². The van der Waals surface area contributed by atoms with E-state index in [1.165, 1.54) is 6.42 Å². The fraction of sp³-hybridized carbons (Fsp3) is 0.619. The van der Waals surface area contributed by atoms with Crippen molar-refractivity contribution in [1.82, 2.24) is 14.7 Å². The van der Waals surface area contributed by atoms with Gasteiger partial charge in [-0.2, -0.15) is 0 Å². The second kappa shape index (κ2) is 8.19. The van der Waals surface area contributed by atoms with Crippen molar-refractivity contribution < 1.29 is 9.59 Å². The maximum atomic E-state index is 12.8. The minimum Gasteiger partial charge on any atom is -0.342 e. The van der Waals surface area contributed by atoms with E-state index in [1.54, 1.807) is 0 Å². The Morgan fingerprint density at radius 3 is 2.33 bits per heavy atom. The fourth-order valence-electron chi connectivity index (χ4n) is 4.38. The van der Waals surface area contributed by atoms with Gasteiger partial charge >= 0.3 is 0 Å². The van der Waals surface area contributed by atoms with E-state index in [9.17, 15) is 9.59 Å². The van der Waals surface area contributed by atoms with Crippen LogP contribution in [0.25, 0.3) is 0 Å². The summed E-state index contributed by atoms with van der Waals surface area (Å²) in [6, 6.07) is 7.84. The lowest BCUT2D eigenvalue weighted by Crippen LogP contribution is -2.52. The third-order valence-electron chi connectivity index (χ3n) is 6.16. The van der Waals surface area contributed by atoms with E-state index < -0.39 is 0 Å². The number of halogens is 1. The van der Waals surface area contributed by atoms with E-state index in [4.69, 9.17) is 11.6 Å². The molecule has 1 aromatic rings. The lowest BCUT2D eigenvalue weighted by molar-refractivity contribution is -0.136. The molecule has 1 saturated carbocycles. The summed E-state index contributed by atoms with van der Waals surface area (Å²) in [4.78, 5) is 31.4. The molecule has 0 bridgehead atoms. The molecule has 0 spiro atoms. The highest BCUT2D eigenvalue weighted by Gasteiger charge is 2.46. The molecule has 0 radical (unpaired) electrons. The smallest absolute Gasteiger partial charge is 0.236 e. The predicted molar refractivity (Wildman–Crippen MR) is 106 cm³/mol. The fourth-order valence-corrected chi connectivity index (χ4v) is 4.66. The Bertz CT molecular complexity index is 696. The molecule has 6 heteroatoms. The van der Waals surface area contributed by atoms with Crippen molar-refractivity contribution in [1.29, 1.82) is 0 Å². The first-order valence-electron chi connectivity index (χ1n) is 10.2. The normalized spacial score (nSPS) is 26.1. The first-order chi connectivity index (χ1) is 13.1. The summed E-state index contributed by atoms with van der Waals surface area (Å²) in [6.45, 7) is 5.32. The van der Waals surface area contributed by atoms with Gasteiger partial charge in [-0.05, 0) is 43.2 Å². The number of benzene rings is 1. The number of carbonyl (C=O) groups excluding carboxylic acids is 2. The van der Waals surface area contributed by atoms with Gasteiger partial charge in [0.25, 0.3) is 0 Å². The molecule has 2 aliphatic heterocycles. The van der Waals surface area contributed by atoms with Crippen LogP contribution in [0.2, 0.25) is 5.02 Å². The number of nitrogens with zero attached hydrogens (tertiary/aromatic N) is 3. The molecule has 0 aromatic heterocycles. The third-order valence-corrected chi connectivity index (χ3v) is 6.51. The minimum atomic E-state index is 0.0754. The molecule has 0 N–H and O–H groups in total. The van der Waals surface area contributed by atoms with Crippen molar-refractivity contribution in [2.45, 2.75) is 31.6 Å². The third kappa shape index (κ3) is 4.30. The zero-order valence-corrected chi connectivity index (χ0v) is 16.5. The lowest BCUT2D eigenvalue weighted by Gasteiger charge is -2.36. The van der Waals surface area contributed by atoms with Gasteiger partial charge in [0, 0.05) is 50.2 Å². The average molecular weight is 390 g/mol. The molecule has 3 fully saturated rings. The largest absolute Gasteiger partial charge is 0.342 e. The summed E-state index contributed by atoms with van der Waals surface area (Å²) in [5.41, 5.74) is 1.10. The van der Waals surface area contributed by atoms with Crippen LogP contribution in [-0.2, 0) is 9.59 Å². The van der Waals surface area contributed by atoms with E-state index in [2.05, 4.69) is 4.90 Å². The second-order valence-corrected chi connectivity index (χ2v) is 8.42. The number of carbonyl (C=O) groups is 2. The van der Waals surface area contributed by atoms with Crippen molar-refractivity contribution in [2.24, 2.45) is 5.92 Å². The molecule has 27 heavy (non-hydrogen) atoms. The van der Waals surface area contributed by atoms with Gasteiger partial charge < -0.3 is 9.80 Å². The van der Waals surface area contributed by atoms with Crippen LogP contribution < -0.4 is 0 Å². The Labute approximate surface area is 166 Å². The van der Waals surface area contributed by atoms with Crippen LogP contribution in [0, 0.1) is 5.92 Å². The van der Waals surface area contributed by atoms with Crippen LogP contribution in [-0.4, -0.2) is 72.3 Å². The molecule has 1 aliphatic carbocycles. The molecule has 3 aliphatic rings. The van der Waals surface area contributed by atoms with Gasteiger partial charge in [-0.15, -0.1) is 0 Å². The van der Waals surface area contributed by atoms with Crippen molar-refractivity contribution >= 4 is 23.4 Å². The second-order valence-electron chi connectivity index (χ2n) is 8.01. The van der Waals surface area contributed by atoms with Crippen molar-refractivity contribution in [2.75, 3.05) is 45.8 Å². The number of likely N-dealkylation sites (tertiary alicyclic amines) is 1. The van der Waals surface area contributed by atoms with Crippen LogP contribution in [0.4, 0.5) is 0 Å². The van der Waals surface area contributed by atoms with Gasteiger partial charge in [0.1, 0.15) is 0 Å². The Morgan fingerprint density at radius 2 is 1.63 bits per heavy atom. The highest BCUT2D eigenvalue weighted by Crippen LogP contribution is 2.50. The van der Waals surface area contributed by atoms with Crippen LogP contribution in [0.3, 0.4) is 0 Å². The standard InChI is InChI=1S/C21H28ClN3O2/c22-19-7-3-2-6-16(19)17-14-18(17)21(27)25-12-10-23(11-13-25)15-20(26)24-8-4-1-5-9-24/h2-3,6-7,17-18H,1,4-5,8-15H2. The summed E-state index contributed by atoms with van der Waals surface area (Å²) in [6.07, 6.45) is 4.39. The van der Waals surface area contributed by atoms with E-state index in [-0.39, 0.29) is 23.7 Å². The van der Waals surface area contributed by atoms with E-state index in [0.717, 1.165) is 69.1 Å². The monoisotopic (exact) mass is 389 g/mol. The van der Waals surface area contributed by atoms with Gasteiger partial charge in [0.2, 0.25) is 11.8 Å². The number of piperidine rings is 1. The Hall–Kier alpha value is -1.59. The van der Waals surface area contributed by atoms with Crippen LogP contribution in [0.5, 0.6) is 0 Å². The molecule has 2 heterocycles. The molecule has 5 nitrogen and oxygen atoms in total. The van der Waals surface area contributed by atoms with Gasteiger partial charge in [0.05, 0.1) is 6.54 Å². The first kappa shape index (κ1) is 18.8. The number of hydrogen-bond donors (Lipinski definition) is 0. The highest BCUT2D eigenvalue weighted by atomic mass is 35.5. The summed E-state index contributed by atoms with van der Waals surface area (Å²) in [7, 11) is 0. The van der Waals surface area contributed by atoms with Gasteiger partial charge in [-0.25, -0.2) is 0 Å². The Morgan fingerprint density at radius 1 is 0.926 bits per heavy atom. The summed E-state index contributed by atoms with van der Waals surface area (Å²) in [5, 5.41) is 0.763. The van der Waals surface area contributed by atoms with Crippen molar-refractivity contribution in [3.05, 3.63) is 34.9 Å². The molecule has 2 unspecified atom stereocenters. The topological polar surface area (TPSA) is 43.9 Å². The van der Waals surface area contributed by atoms with Crippen LogP contribution >= 0.6 is 11.6 Å². The molecular formula is C21H28ClN3O2. The van der Waals surface area contributed by atoms with Crippen molar-refractivity contribution in [3.8, 4) is 0 Å². The molecular weight excluding hydrogens is 362 g/mol. The number of piperazine rings is 1. The maximum absolute atomic E-state index is 12.8. The Balaban J connectivity index is 1.24. The maximum Gasteiger partial charge on any atom is 0.236 e. The van der Waals surface area contributed by atoms with Gasteiger partial charge in [-0.1, -0.05) is 29.8 Å². The van der Waals surface area contributed by atoms with Crippen molar-refractivity contribution in [3.63, 3.8) is 0 Å². The van der Waals surface area contributed by atoms with E-state index in [1.807, 2.05) is 34.1 Å². The first-order valence-corrected chi connectivity index (χ1v) is 10.5. The molecule has 2 saturated heterocycles. The molecule has 1 aromatic carbocycles. The van der Waals surface area contributed by atoms with Crippen LogP contribution in [0.1, 0.15) is 37.2 Å². The van der Waals surface area contributed by atoms with E-state index in [0.29, 0.717) is 6.54 Å². The zero-order valence-electron chi connectivity index (χ0n) is 15.8. The number of rotatable bonds is 4. The quantitative estimate of drug-likeness (QED) is 0.795. The van der Waals surface area contributed by atoms with Crippen LogP contribution in [0.15, 0.2) is 24.3 Å². The minimum absolute atomic E-state index is 0.0754. The highest BCUT2D eigenvalue weighted by molar-refractivity contribution is 6.31. The lowest BCUT2D eigenvalue weighted by atomic mass is 10.1. The molecule has 2 atom stereocenters. The number of hydrogen-bond acceptors (Lipinski definition) is 3. The van der Waals surface area contributed by atoms with Gasteiger partial charge in [-0.3, -0.25) is 14.5 Å². The number of amides is 2. The SMILES string of the molecule is O=C(CN1CCN(C(=O)C2CC2c2ccccc2Cl)CC1)N1CCCCC1.